The molecule has 2 atom stereocenters. The Balaban J connectivity index is 1.33. The summed E-state index contributed by atoms with van der Waals surface area (Å²) < 4.78 is 0. The molecule has 3 fully saturated rings. The summed E-state index contributed by atoms with van der Waals surface area (Å²) >= 11 is 0. The van der Waals surface area contributed by atoms with Crippen LogP contribution in [0.1, 0.15) is 74.2 Å². The molecule has 1 amide bonds. The number of likely N-dealkylation sites (tertiary alicyclic amines) is 1. The van der Waals surface area contributed by atoms with E-state index in [-0.39, 0.29) is 16.9 Å². The van der Waals surface area contributed by atoms with Crippen LogP contribution in [0.3, 0.4) is 0 Å². The highest BCUT2D eigenvalue weighted by atomic mass is 16.3. The minimum Gasteiger partial charge on any atom is -0.390 e. The molecule has 1 saturated heterocycles. The van der Waals surface area contributed by atoms with E-state index in [1.165, 1.54) is 24.8 Å². The highest BCUT2D eigenvalue weighted by molar-refractivity contribution is 5.93. The molecule has 2 saturated carbocycles. The van der Waals surface area contributed by atoms with E-state index in [1.807, 2.05) is 18.2 Å². The largest absolute Gasteiger partial charge is 0.390 e. The molecule has 2 aliphatic carbocycles. The number of benzene rings is 1. The number of piperidine rings is 1. The van der Waals surface area contributed by atoms with Gasteiger partial charge in [0.05, 0.1) is 5.60 Å². The number of fused-ring (bicyclic) bond motifs is 1. The summed E-state index contributed by atoms with van der Waals surface area (Å²) in [6, 6.07) is 7.99. The number of hydrogen-bond acceptors (Lipinski definition) is 3. The quantitative estimate of drug-likeness (QED) is 0.772. The topological polar surface area (TPSA) is 66.6 Å². The Bertz CT molecular complexity index is 683. The maximum Gasteiger partial charge on any atom is 0.248 e. The molecule has 0 bridgehead atoms. The molecule has 148 valence electrons. The molecule has 1 aliphatic heterocycles. The minimum absolute atomic E-state index is 0.240. The fourth-order valence-electron chi connectivity index (χ4n) is 6.21. The first-order chi connectivity index (χ1) is 13.0. The van der Waals surface area contributed by atoms with E-state index in [1.54, 1.807) is 0 Å². The number of aliphatic hydroxyl groups is 1. The van der Waals surface area contributed by atoms with Crippen molar-refractivity contribution in [3.05, 3.63) is 35.4 Å². The summed E-state index contributed by atoms with van der Waals surface area (Å²) in [6.45, 7) is 5.68. The molecule has 3 aliphatic rings. The van der Waals surface area contributed by atoms with Crippen molar-refractivity contribution in [3.63, 3.8) is 0 Å². The van der Waals surface area contributed by atoms with E-state index in [2.05, 4.69) is 17.9 Å². The third kappa shape index (κ3) is 3.42. The molecule has 1 aromatic carbocycles. The number of nitrogens with two attached hydrogens (primary N) is 1. The van der Waals surface area contributed by atoms with Crippen molar-refractivity contribution in [2.24, 2.45) is 17.6 Å². The third-order valence-corrected chi connectivity index (χ3v) is 7.78. The van der Waals surface area contributed by atoms with Crippen molar-refractivity contribution in [2.45, 2.75) is 69.3 Å². The van der Waals surface area contributed by atoms with E-state index in [0.29, 0.717) is 17.4 Å². The number of rotatable bonds is 7. The monoisotopic (exact) mass is 370 g/mol. The van der Waals surface area contributed by atoms with Gasteiger partial charge in [0.25, 0.3) is 0 Å². The van der Waals surface area contributed by atoms with Crippen molar-refractivity contribution in [2.75, 3.05) is 19.6 Å². The molecular formula is C23H34N2O2. The normalized spacial score (nSPS) is 32.2. The first-order valence-electron chi connectivity index (χ1n) is 10.8. The van der Waals surface area contributed by atoms with Crippen molar-refractivity contribution in [1.29, 1.82) is 0 Å². The van der Waals surface area contributed by atoms with Crippen LogP contribution in [-0.2, 0) is 5.41 Å². The summed E-state index contributed by atoms with van der Waals surface area (Å²) in [6.07, 6.45) is 8.83. The molecule has 2 unspecified atom stereocenters. The van der Waals surface area contributed by atoms with Crippen LogP contribution in [0.4, 0.5) is 0 Å². The van der Waals surface area contributed by atoms with Gasteiger partial charge < -0.3 is 15.7 Å². The van der Waals surface area contributed by atoms with Gasteiger partial charge in [0.15, 0.2) is 0 Å². The molecule has 0 spiro atoms. The molecular weight excluding hydrogens is 336 g/mol. The van der Waals surface area contributed by atoms with Gasteiger partial charge >= 0.3 is 0 Å². The molecule has 0 radical (unpaired) electrons. The maximum absolute atomic E-state index is 11.6. The second-order valence-corrected chi connectivity index (χ2v) is 9.20. The lowest BCUT2D eigenvalue weighted by atomic mass is 9.81. The second kappa shape index (κ2) is 7.21. The predicted molar refractivity (Wildman–Crippen MR) is 108 cm³/mol. The van der Waals surface area contributed by atoms with Crippen molar-refractivity contribution < 1.29 is 9.90 Å². The Morgan fingerprint density at radius 2 is 1.93 bits per heavy atom. The molecule has 4 nitrogen and oxygen atoms in total. The fraction of sp³-hybridized carbons (Fsp3) is 0.696. The first kappa shape index (κ1) is 18.9. The zero-order valence-electron chi connectivity index (χ0n) is 16.6. The van der Waals surface area contributed by atoms with Gasteiger partial charge in [-0.2, -0.15) is 0 Å². The molecule has 27 heavy (non-hydrogen) atoms. The maximum atomic E-state index is 11.6. The van der Waals surface area contributed by atoms with E-state index >= 15 is 0 Å². The van der Waals surface area contributed by atoms with Crippen LogP contribution >= 0.6 is 0 Å². The predicted octanol–water partition coefficient (Wildman–Crippen LogP) is 3.47. The van der Waals surface area contributed by atoms with Crippen LogP contribution in [0.25, 0.3) is 0 Å². The van der Waals surface area contributed by atoms with Crippen molar-refractivity contribution in [1.82, 2.24) is 4.90 Å². The zero-order valence-corrected chi connectivity index (χ0v) is 16.6. The highest BCUT2D eigenvalue weighted by Crippen LogP contribution is 2.65. The summed E-state index contributed by atoms with van der Waals surface area (Å²) in [7, 11) is 0. The number of nitrogens with zero attached hydrogens (tertiary/aromatic N) is 1. The average molecular weight is 371 g/mol. The van der Waals surface area contributed by atoms with Gasteiger partial charge in [-0.15, -0.1) is 0 Å². The molecule has 1 aromatic rings. The molecule has 0 aromatic heterocycles. The molecule has 1 heterocycles. The molecule has 4 rings (SSSR count). The fourth-order valence-corrected chi connectivity index (χ4v) is 6.21. The number of carbonyl (C=O) groups excluding carboxylic acids is 1. The van der Waals surface area contributed by atoms with Crippen LogP contribution in [-0.4, -0.2) is 41.1 Å². The first-order valence-corrected chi connectivity index (χ1v) is 10.8. The van der Waals surface area contributed by atoms with E-state index in [4.69, 9.17) is 5.73 Å². The lowest BCUT2D eigenvalue weighted by Crippen LogP contribution is -2.34. The van der Waals surface area contributed by atoms with Crippen LogP contribution in [0.5, 0.6) is 0 Å². The SMILES string of the molecule is CCC1(c2cccc(C(N)=O)c2)C2CN(CCCC3(O)CCCCC3)CC21. The van der Waals surface area contributed by atoms with Crippen LogP contribution in [0.15, 0.2) is 24.3 Å². The van der Waals surface area contributed by atoms with Gasteiger partial charge in [-0.1, -0.05) is 38.3 Å². The smallest absolute Gasteiger partial charge is 0.248 e. The van der Waals surface area contributed by atoms with Crippen LogP contribution in [0, 0.1) is 11.8 Å². The number of carbonyl (C=O) groups is 1. The van der Waals surface area contributed by atoms with Gasteiger partial charge in [0, 0.05) is 24.1 Å². The Kier molecular flexibility index (Phi) is 5.06. The van der Waals surface area contributed by atoms with Gasteiger partial charge in [-0.25, -0.2) is 0 Å². The van der Waals surface area contributed by atoms with Crippen molar-refractivity contribution in [3.8, 4) is 0 Å². The standard InChI is InChI=1S/C23H34N2O2/c1-2-23(18-9-6-8-17(14-18)21(24)26)19-15-25(16-20(19)23)13-7-12-22(27)10-4-3-5-11-22/h6,8-9,14,19-20,27H,2-5,7,10-13,15-16H2,1H3,(H2,24,26). The van der Waals surface area contributed by atoms with E-state index in [9.17, 15) is 9.90 Å². The third-order valence-electron chi connectivity index (χ3n) is 7.78. The lowest BCUT2D eigenvalue weighted by molar-refractivity contribution is -0.00722. The lowest BCUT2D eigenvalue weighted by Gasteiger charge is -2.33. The Morgan fingerprint density at radius 3 is 2.56 bits per heavy atom. The van der Waals surface area contributed by atoms with Gasteiger partial charge in [-0.05, 0) is 68.2 Å². The summed E-state index contributed by atoms with van der Waals surface area (Å²) in [5, 5.41) is 10.7. The number of amides is 1. The van der Waals surface area contributed by atoms with Crippen LogP contribution < -0.4 is 5.73 Å². The average Bonchev–Trinajstić information content (AvgIpc) is 3.05. The second-order valence-electron chi connectivity index (χ2n) is 9.20. The summed E-state index contributed by atoms with van der Waals surface area (Å²) in [4.78, 5) is 14.1. The molecule has 4 heteroatoms. The van der Waals surface area contributed by atoms with Gasteiger partial charge in [-0.3, -0.25) is 4.79 Å². The summed E-state index contributed by atoms with van der Waals surface area (Å²) in [5.41, 5.74) is 7.27. The minimum atomic E-state index is -0.386. The van der Waals surface area contributed by atoms with Gasteiger partial charge in [0.1, 0.15) is 0 Å². The Labute approximate surface area is 163 Å². The Morgan fingerprint density at radius 1 is 1.22 bits per heavy atom. The summed E-state index contributed by atoms with van der Waals surface area (Å²) in [5.74, 6) is 1.06. The number of hydrogen-bond donors (Lipinski definition) is 2. The Hall–Kier alpha value is -1.39. The number of primary amides is 1. The van der Waals surface area contributed by atoms with E-state index < -0.39 is 0 Å². The van der Waals surface area contributed by atoms with E-state index in [0.717, 1.165) is 51.7 Å². The van der Waals surface area contributed by atoms with Crippen molar-refractivity contribution >= 4 is 5.91 Å². The van der Waals surface area contributed by atoms with Gasteiger partial charge in [0.2, 0.25) is 5.91 Å². The zero-order chi connectivity index (χ0) is 19.1. The highest BCUT2D eigenvalue weighted by Gasteiger charge is 2.67. The molecule has 3 N–H and O–H groups in total. The van der Waals surface area contributed by atoms with Crippen LogP contribution in [0.2, 0.25) is 0 Å².